The molecule has 2 aromatic rings. The van der Waals surface area contributed by atoms with Gasteiger partial charge in [0.25, 0.3) is 11.8 Å². The number of amides is 3. The zero-order valence-electron chi connectivity index (χ0n) is 18.6. The molecule has 0 atom stereocenters. The van der Waals surface area contributed by atoms with Crippen molar-refractivity contribution in [1.29, 1.82) is 0 Å². The Morgan fingerprint density at radius 3 is 2.56 bits per heavy atom. The summed E-state index contributed by atoms with van der Waals surface area (Å²) in [4.78, 5) is 41.9. The van der Waals surface area contributed by atoms with Gasteiger partial charge in [0.1, 0.15) is 0 Å². The molecule has 0 unspecified atom stereocenters. The third-order valence-electron chi connectivity index (χ3n) is 6.24. The van der Waals surface area contributed by atoms with Crippen molar-refractivity contribution < 1.29 is 14.4 Å². The smallest absolute Gasteiger partial charge is 0.255 e. The van der Waals surface area contributed by atoms with E-state index in [4.69, 9.17) is 0 Å². The fraction of sp³-hybridized carbons (Fsp3) is 0.458. The van der Waals surface area contributed by atoms with Crippen LogP contribution in [-0.4, -0.2) is 54.3 Å². The first-order valence-corrected chi connectivity index (χ1v) is 12.2. The minimum absolute atomic E-state index is 0.0820. The molecule has 3 heterocycles. The summed E-state index contributed by atoms with van der Waals surface area (Å²) < 4.78 is 0. The van der Waals surface area contributed by atoms with Gasteiger partial charge in [-0.2, -0.15) is 0 Å². The van der Waals surface area contributed by atoms with Gasteiger partial charge < -0.3 is 20.4 Å². The Bertz CT molecular complexity index is 995. The second-order valence-corrected chi connectivity index (χ2v) is 9.47. The summed E-state index contributed by atoms with van der Waals surface area (Å²) in [5.74, 6) is -0.365. The van der Waals surface area contributed by atoms with E-state index in [0.29, 0.717) is 35.8 Å². The Morgan fingerprint density at radius 1 is 1.09 bits per heavy atom. The molecule has 2 N–H and O–H groups in total. The second-order valence-electron chi connectivity index (χ2n) is 8.73. The number of carbonyl (C=O) groups excluding carboxylic acids is 3. The van der Waals surface area contributed by atoms with Gasteiger partial charge in [0, 0.05) is 60.1 Å². The first kappa shape index (κ1) is 22.5. The number of likely N-dealkylation sites (tertiary alicyclic amines) is 1. The molecule has 0 spiro atoms. The number of carbonyl (C=O) groups is 3. The molecule has 2 saturated heterocycles. The summed E-state index contributed by atoms with van der Waals surface area (Å²) >= 11 is 1.39. The number of anilines is 2. The molecule has 170 valence electrons. The predicted octanol–water partition coefficient (Wildman–Crippen LogP) is 3.73. The Labute approximate surface area is 192 Å². The molecule has 2 aliphatic rings. The highest BCUT2D eigenvalue weighted by molar-refractivity contribution is 7.08. The molecule has 8 heteroatoms. The van der Waals surface area contributed by atoms with E-state index < -0.39 is 0 Å². The number of nitrogens with zero attached hydrogens (tertiary/aromatic N) is 2. The molecule has 0 radical (unpaired) electrons. The van der Waals surface area contributed by atoms with Crippen LogP contribution in [0.3, 0.4) is 0 Å². The van der Waals surface area contributed by atoms with Gasteiger partial charge in [-0.1, -0.05) is 6.07 Å². The van der Waals surface area contributed by atoms with Crippen LogP contribution in [0.1, 0.15) is 60.2 Å². The van der Waals surface area contributed by atoms with E-state index in [2.05, 4.69) is 29.4 Å². The number of piperidine rings is 1. The lowest BCUT2D eigenvalue weighted by atomic mass is 10.0. The molecular weight excluding hydrogens is 424 g/mol. The van der Waals surface area contributed by atoms with E-state index in [1.807, 2.05) is 6.07 Å². The zero-order chi connectivity index (χ0) is 22.7. The standard InChI is InChI=1S/C24H30N4O3S/c1-16(2)27-11-8-18(9-12-27)25-24(31)20-14-32-15-21(20)26-23(30)17-5-3-6-19(13-17)28-10-4-7-22(28)29/h3,5-6,13-16,18H,4,7-12H2,1-2H3,(H,25,31)(H,26,30). The van der Waals surface area contributed by atoms with Gasteiger partial charge in [-0.15, -0.1) is 11.3 Å². The highest BCUT2D eigenvalue weighted by atomic mass is 32.1. The van der Waals surface area contributed by atoms with Gasteiger partial charge in [0.15, 0.2) is 0 Å². The van der Waals surface area contributed by atoms with Crippen molar-refractivity contribution in [3.63, 3.8) is 0 Å². The normalized spacial score (nSPS) is 17.7. The van der Waals surface area contributed by atoms with Crippen molar-refractivity contribution >= 4 is 40.4 Å². The van der Waals surface area contributed by atoms with E-state index in [-0.39, 0.29) is 23.8 Å². The molecular formula is C24H30N4O3S. The lowest BCUT2D eigenvalue weighted by molar-refractivity contribution is -0.117. The van der Waals surface area contributed by atoms with E-state index in [1.54, 1.807) is 33.9 Å². The minimum Gasteiger partial charge on any atom is -0.349 e. The first-order chi connectivity index (χ1) is 15.4. The fourth-order valence-corrected chi connectivity index (χ4v) is 5.08. The van der Waals surface area contributed by atoms with Crippen molar-refractivity contribution in [2.75, 3.05) is 29.9 Å². The van der Waals surface area contributed by atoms with Gasteiger partial charge in [-0.05, 0) is 51.3 Å². The number of nitrogens with one attached hydrogen (secondary N) is 2. The minimum atomic E-state index is -0.295. The van der Waals surface area contributed by atoms with Crippen molar-refractivity contribution in [1.82, 2.24) is 10.2 Å². The summed E-state index contributed by atoms with van der Waals surface area (Å²) in [6, 6.07) is 7.73. The summed E-state index contributed by atoms with van der Waals surface area (Å²) in [6.07, 6.45) is 3.23. The van der Waals surface area contributed by atoms with Crippen LogP contribution in [0.2, 0.25) is 0 Å². The third-order valence-corrected chi connectivity index (χ3v) is 6.99. The molecule has 1 aromatic heterocycles. The molecule has 7 nitrogen and oxygen atoms in total. The van der Waals surface area contributed by atoms with Gasteiger partial charge in [0.05, 0.1) is 11.3 Å². The molecule has 2 fully saturated rings. The molecule has 0 saturated carbocycles. The maximum Gasteiger partial charge on any atom is 0.255 e. The monoisotopic (exact) mass is 454 g/mol. The zero-order valence-corrected chi connectivity index (χ0v) is 19.4. The van der Waals surface area contributed by atoms with E-state index in [1.165, 1.54) is 11.3 Å². The van der Waals surface area contributed by atoms with Crippen LogP contribution >= 0.6 is 11.3 Å². The van der Waals surface area contributed by atoms with Crippen molar-refractivity contribution in [3.8, 4) is 0 Å². The lowest BCUT2D eigenvalue weighted by Crippen LogP contribution is -2.46. The van der Waals surface area contributed by atoms with E-state index in [9.17, 15) is 14.4 Å². The van der Waals surface area contributed by atoms with Gasteiger partial charge in [-0.25, -0.2) is 0 Å². The predicted molar refractivity (Wildman–Crippen MR) is 127 cm³/mol. The SMILES string of the molecule is CC(C)N1CCC(NC(=O)c2cscc2NC(=O)c2cccc(N3CCCC3=O)c2)CC1. The summed E-state index contributed by atoms with van der Waals surface area (Å²) in [5.41, 5.74) is 2.19. The largest absolute Gasteiger partial charge is 0.349 e. The highest BCUT2D eigenvalue weighted by Crippen LogP contribution is 2.25. The number of hydrogen-bond acceptors (Lipinski definition) is 5. The highest BCUT2D eigenvalue weighted by Gasteiger charge is 2.25. The van der Waals surface area contributed by atoms with Crippen molar-refractivity contribution in [3.05, 3.63) is 46.2 Å². The number of rotatable bonds is 6. The molecule has 4 rings (SSSR count). The Hall–Kier alpha value is -2.71. The van der Waals surface area contributed by atoms with Gasteiger partial charge in [-0.3, -0.25) is 14.4 Å². The van der Waals surface area contributed by atoms with Crippen LogP contribution < -0.4 is 15.5 Å². The van der Waals surface area contributed by atoms with Crippen LogP contribution in [0.15, 0.2) is 35.0 Å². The molecule has 0 bridgehead atoms. The number of benzene rings is 1. The molecule has 2 aliphatic heterocycles. The van der Waals surface area contributed by atoms with Gasteiger partial charge in [0.2, 0.25) is 5.91 Å². The first-order valence-electron chi connectivity index (χ1n) is 11.3. The lowest BCUT2D eigenvalue weighted by Gasteiger charge is -2.34. The van der Waals surface area contributed by atoms with Gasteiger partial charge >= 0.3 is 0 Å². The average Bonchev–Trinajstić information content (AvgIpc) is 3.43. The summed E-state index contributed by atoms with van der Waals surface area (Å²) in [6.45, 7) is 7.02. The van der Waals surface area contributed by atoms with Crippen LogP contribution in [0.4, 0.5) is 11.4 Å². The fourth-order valence-electron chi connectivity index (χ4n) is 4.32. The average molecular weight is 455 g/mol. The third kappa shape index (κ3) is 5.02. The van der Waals surface area contributed by atoms with Crippen LogP contribution in [-0.2, 0) is 4.79 Å². The van der Waals surface area contributed by atoms with E-state index >= 15 is 0 Å². The topological polar surface area (TPSA) is 81.8 Å². The van der Waals surface area contributed by atoms with Crippen molar-refractivity contribution in [2.45, 2.75) is 51.6 Å². The Morgan fingerprint density at radius 2 is 1.88 bits per heavy atom. The quantitative estimate of drug-likeness (QED) is 0.697. The van der Waals surface area contributed by atoms with Crippen LogP contribution in [0.5, 0.6) is 0 Å². The maximum atomic E-state index is 12.9. The maximum absolute atomic E-state index is 12.9. The number of thiophene rings is 1. The van der Waals surface area contributed by atoms with E-state index in [0.717, 1.165) is 38.0 Å². The van der Waals surface area contributed by atoms with Crippen molar-refractivity contribution in [2.24, 2.45) is 0 Å². The Balaban J connectivity index is 1.39. The summed E-state index contributed by atoms with van der Waals surface area (Å²) in [5, 5.41) is 9.56. The van der Waals surface area contributed by atoms with Crippen LogP contribution in [0, 0.1) is 0 Å². The summed E-state index contributed by atoms with van der Waals surface area (Å²) in [7, 11) is 0. The number of hydrogen-bond donors (Lipinski definition) is 2. The molecule has 0 aliphatic carbocycles. The molecule has 3 amide bonds. The molecule has 32 heavy (non-hydrogen) atoms. The molecule has 1 aromatic carbocycles. The van der Waals surface area contributed by atoms with Crippen LogP contribution in [0.25, 0.3) is 0 Å². The Kier molecular flexibility index (Phi) is 6.91. The second kappa shape index (κ2) is 9.83.